The molecule has 0 aliphatic carbocycles. The molecule has 1 aromatic carbocycles. The van der Waals surface area contributed by atoms with Crippen LogP contribution in [0.4, 0.5) is 10.1 Å². The highest BCUT2D eigenvalue weighted by Crippen LogP contribution is 2.17. The van der Waals surface area contributed by atoms with Crippen LogP contribution in [0, 0.1) is 5.82 Å². The minimum atomic E-state index is -0.397. The van der Waals surface area contributed by atoms with Crippen molar-refractivity contribution in [1.82, 2.24) is 0 Å². The predicted molar refractivity (Wildman–Crippen MR) is 39.5 cm³/mol. The summed E-state index contributed by atoms with van der Waals surface area (Å²) in [5.41, 5.74) is 2.16. The third-order valence-electron chi connectivity index (χ3n) is 0.992. The second-order valence-electron chi connectivity index (χ2n) is 1.77. The molecule has 0 fully saturated rings. The van der Waals surface area contributed by atoms with E-state index in [2.05, 4.69) is 15.9 Å². The van der Waals surface area contributed by atoms with Crippen molar-refractivity contribution in [2.24, 2.45) is 0 Å². The molecule has 0 aliphatic heterocycles. The van der Waals surface area contributed by atoms with Crippen molar-refractivity contribution in [1.29, 1.82) is 0 Å². The molecule has 0 heterocycles. The zero-order valence-corrected chi connectivity index (χ0v) is 6.52. The second-order valence-corrected chi connectivity index (χ2v) is 2.69. The molecule has 0 amide bonds. The maximum atomic E-state index is 12.4. The molecule has 0 radical (unpaired) electrons. The predicted octanol–water partition coefficient (Wildman–Crippen LogP) is 2.39. The van der Waals surface area contributed by atoms with Crippen molar-refractivity contribution in [3.63, 3.8) is 0 Å². The van der Waals surface area contributed by atoms with Gasteiger partial charge in [0.25, 0.3) is 0 Å². The van der Waals surface area contributed by atoms with Gasteiger partial charge in [0.15, 0.2) is 0 Å². The van der Waals surface area contributed by atoms with Crippen molar-refractivity contribution >= 4 is 21.6 Å². The highest BCUT2D eigenvalue weighted by molar-refractivity contribution is 9.10. The fourth-order valence-electron chi connectivity index (χ4n) is 0.618. The van der Waals surface area contributed by atoms with Gasteiger partial charge in [-0.1, -0.05) is 15.9 Å². The summed E-state index contributed by atoms with van der Waals surface area (Å²) in [6, 6.07) is 4.05. The molecule has 0 atom stereocenters. The quantitative estimate of drug-likeness (QED) is 0.691. The minimum absolute atomic E-state index is 0.326. The third-order valence-corrected chi connectivity index (χ3v) is 1.45. The molecule has 54 valence electrons. The standard InChI is InChI=1S/C6H5BrFNO/c7-4-1-5(8)3-6(2-4)9-10/h1-3,9-10H. The largest absolute Gasteiger partial charge is 0.291 e. The van der Waals surface area contributed by atoms with E-state index in [1.165, 1.54) is 12.1 Å². The summed E-state index contributed by atoms with van der Waals surface area (Å²) < 4.78 is 13.0. The van der Waals surface area contributed by atoms with E-state index in [9.17, 15) is 4.39 Å². The Kier molecular flexibility index (Phi) is 2.24. The first-order valence-corrected chi connectivity index (χ1v) is 3.38. The topological polar surface area (TPSA) is 32.3 Å². The van der Waals surface area contributed by atoms with Gasteiger partial charge in [-0.15, -0.1) is 0 Å². The van der Waals surface area contributed by atoms with Crippen LogP contribution in [0.1, 0.15) is 0 Å². The Hall–Kier alpha value is -0.610. The molecule has 2 N–H and O–H groups in total. The van der Waals surface area contributed by atoms with Crippen molar-refractivity contribution in [2.75, 3.05) is 5.48 Å². The van der Waals surface area contributed by atoms with E-state index in [1.54, 1.807) is 6.07 Å². The molecule has 0 spiro atoms. The summed E-state index contributed by atoms with van der Waals surface area (Å²) in [4.78, 5) is 0. The van der Waals surface area contributed by atoms with Crippen molar-refractivity contribution < 1.29 is 9.60 Å². The number of rotatable bonds is 1. The summed E-state index contributed by atoms with van der Waals surface area (Å²) in [5.74, 6) is -0.397. The van der Waals surface area contributed by atoms with Crippen LogP contribution in [-0.4, -0.2) is 5.21 Å². The van der Waals surface area contributed by atoms with Crippen LogP contribution in [0.3, 0.4) is 0 Å². The summed E-state index contributed by atoms with van der Waals surface area (Å²) >= 11 is 3.06. The minimum Gasteiger partial charge on any atom is -0.291 e. The van der Waals surface area contributed by atoms with Gasteiger partial charge < -0.3 is 0 Å². The molecule has 0 aliphatic rings. The first-order valence-electron chi connectivity index (χ1n) is 2.58. The smallest absolute Gasteiger partial charge is 0.126 e. The molecular weight excluding hydrogens is 201 g/mol. The monoisotopic (exact) mass is 205 g/mol. The molecule has 0 saturated carbocycles. The first kappa shape index (κ1) is 7.50. The molecule has 0 unspecified atom stereocenters. The number of benzene rings is 1. The summed E-state index contributed by atoms with van der Waals surface area (Å²) in [6.45, 7) is 0. The third kappa shape index (κ3) is 1.68. The SMILES string of the molecule is ONc1cc(F)cc(Br)c1. The number of hydrogen-bond donors (Lipinski definition) is 2. The summed E-state index contributed by atoms with van der Waals surface area (Å²) in [7, 11) is 0. The van der Waals surface area contributed by atoms with Crippen molar-refractivity contribution in [2.45, 2.75) is 0 Å². The molecule has 1 rings (SSSR count). The molecule has 2 nitrogen and oxygen atoms in total. The molecule has 4 heteroatoms. The van der Waals surface area contributed by atoms with Crippen LogP contribution < -0.4 is 5.48 Å². The van der Waals surface area contributed by atoms with Crippen LogP contribution >= 0.6 is 15.9 Å². The summed E-state index contributed by atoms with van der Waals surface area (Å²) in [6.07, 6.45) is 0. The Morgan fingerprint density at radius 1 is 1.40 bits per heavy atom. The van der Waals surface area contributed by atoms with Crippen LogP contribution in [0.25, 0.3) is 0 Å². The van der Waals surface area contributed by atoms with E-state index in [0.29, 0.717) is 10.2 Å². The molecule has 0 aromatic heterocycles. The highest BCUT2D eigenvalue weighted by Gasteiger charge is 1.95. The second kappa shape index (κ2) is 2.98. The van der Waals surface area contributed by atoms with Crippen LogP contribution in [-0.2, 0) is 0 Å². The average Bonchev–Trinajstić information content (AvgIpc) is 1.85. The Labute approximate surface area is 65.8 Å². The zero-order valence-electron chi connectivity index (χ0n) is 4.94. The molecule has 0 bridgehead atoms. The normalized spacial score (nSPS) is 9.50. The van der Waals surface area contributed by atoms with Gasteiger partial charge in [0, 0.05) is 4.47 Å². The lowest BCUT2D eigenvalue weighted by atomic mass is 10.3. The van der Waals surface area contributed by atoms with E-state index < -0.39 is 5.82 Å². The van der Waals surface area contributed by atoms with Gasteiger partial charge in [-0.05, 0) is 18.2 Å². The Morgan fingerprint density at radius 3 is 2.60 bits per heavy atom. The number of nitrogens with one attached hydrogen (secondary N) is 1. The molecular formula is C6H5BrFNO. The van der Waals surface area contributed by atoms with Crippen LogP contribution in [0.15, 0.2) is 22.7 Å². The van der Waals surface area contributed by atoms with Crippen molar-refractivity contribution in [3.05, 3.63) is 28.5 Å². The van der Waals surface area contributed by atoms with Gasteiger partial charge in [0.05, 0.1) is 5.69 Å². The first-order chi connectivity index (χ1) is 4.72. The number of anilines is 1. The maximum absolute atomic E-state index is 12.4. The molecule has 1 aromatic rings. The highest BCUT2D eigenvalue weighted by atomic mass is 79.9. The lowest BCUT2D eigenvalue weighted by Gasteiger charge is -1.98. The Morgan fingerprint density at radius 2 is 2.10 bits per heavy atom. The van der Waals surface area contributed by atoms with Gasteiger partial charge in [0.2, 0.25) is 0 Å². The van der Waals surface area contributed by atoms with E-state index in [0.717, 1.165) is 0 Å². The fourth-order valence-corrected chi connectivity index (χ4v) is 1.08. The lowest BCUT2D eigenvalue weighted by molar-refractivity contribution is 0.388. The molecule has 10 heavy (non-hydrogen) atoms. The van der Waals surface area contributed by atoms with E-state index in [1.807, 2.05) is 5.48 Å². The van der Waals surface area contributed by atoms with Gasteiger partial charge >= 0.3 is 0 Å². The van der Waals surface area contributed by atoms with E-state index >= 15 is 0 Å². The Balaban J connectivity index is 3.06. The van der Waals surface area contributed by atoms with E-state index in [4.69, 9.17) is 5.21 Å². The van der Waals surface area contributed by atoms with Crippen LogP contribution in [0.2, 0.25) is 0 Å². The number of hydrogen-bond acceptors (Lipinski definition) is 2. The number of halogens is 2. The van der Waals surface area contributed by atoms with Gasteiger partial charge in [-0.3, -0.25) is 10.7 Å². The fraction of sp³-hybridized carbons (Fsp3) is 0. The summed E-state index contributed by atoms with van der Waals surface area (Å²) in [5, 5.41) is 8.35. The van der Waals surface area contributed by atoms with Crippen molar-refractivity contribution in [3.8, 4) is 0 Å². The van der Waals surface area contributed by atoms with Gasteiger partial charge in [-0.25, -0.2) is 4.39 Å². The van der Waals surface area contributed by atoms with Crippen LogP contribution in [0.5, 0.6) is 0 Å². The van der Waals surface area contributed by atoms with Gasteiger partial charge in [-0.2, -0.15) is 0 Å². The average molecular weight is 206 g/mol. The Bertz CT molecular complexity index is 221. The zero-order chi connectivity index (χ0) is 7.56. The van der Waals surface area contributed by atoms with E-state index in [-0.39, 0.29) is 0 Å². The lowest BCUT2D eigenvalue weighted by Crippen LogP contribution is -1.89. The van der Waals surface area contributed by atoms with Gasteiger partial charge in [0.1, 0.15) is 5.82 Å². The molecule has 0 saturated heterocycles. The maximum Gasteiger partial charge on any atom is 0.126 e.